The van der Waals surface area contributed by atoms with Crippen LogP contribution in [-0.2, 0) is 22.7 Å². The SMILES string of the molecule is COc1nc(NC(=O)N(c2ccccc2C(F)(F)F)S(=O)(=O)O)nc(C(F)(F)F)n1. The van der Waals surface area contributed by atoms with Crippen molar-refractivity contribution in [3.63, 3.8) is 0 Å². The summed E-state index contributed by atoms with van der Waals surface area (Å²) in [5, 5.41) is 1.45. The molecule has 0 radical (unpaired) electrons. The van der Waals surface area contributed by atoms with E-state index in [0.29, 0.717) is 12.1 Å². The summed E-state index contributed by atoms with van der Waals surface area (Å²) in [5.74, 6) is -3.06. The molecule has 2 rings (SSSR count). The van der Waals surface area contributed by atoms with Gasteiger partial charge in [0.15, 0.2) is 0 Å². The van der Waals surface area contributed by atoms with Crippen LogP contribution in [0.4, 0.5) is 42.8 Å². The Kier molecular flexibility index (Phi) is 6.08. The van der Waals surface area contributed by atoms with E-state index >= 15 is 0 Å². The van der Waals surface area contributed by atoms with E-state index in [2.05, 4.69) is 19.7 Å². The van der Waals surface area contributed by atoms with E-state index in [4.69, 9.17) is 0 Å². The number of aromatic nitrogens is 3. The molecule has 17 heteroatoms. The number of rotatable bonds is 4. The van der Waals surface area contributed by atoms with Crippen molar-refractivity contribution >= 4 is 28.0 Å². The monoisotopic (exact) mass is 461 g/mol. The second kappa shape index (κ2) is 7.90. The van der Waals surface area contributed by atoms with Gasteiger partial charge in [0, 0.05) is 0 Å². The molecule has 1 aromatic heterocycles. The molecule has 0 aliphatic heterocycles. The summed E-state index contributed by atoms with van der Waals surface area (Å²) in [6.45, 7) is 0. The number of hydrogen-bond acceptors (Lipinski definition) is 7. The number of anilines is 2. The maximum Gasteiger partial charge on any atom is 0.451 e. The Bertz CT molecular complexity index is 1060. The van der Waals surface area contributed by atoms with Crippen LogP contribution in [0.1, 0.15) is 11.4 Å². The third-order valence-electron chi connectivity index (χ3n) is 3.11. The third-order valence-corrected chi connectivity index (χ3v) is 3.94. The van der Waals surface area contributed by atoms with E-state index < -0.39 is 62.0 Å². The lowest BCUT2D eigenvalue weighted by molar-refractivity contribution is -0.145. The fourth-order valence-electron chi connectivity index (χ4n) is 2.01. The molecule has 1 aromatic carbocycles. The number of ether oxygens (including phenoxy) is 1. The highest BCUT2D eigenvalue weighted by Crippen LogP contribution is 2.37. The highest BCUT2D eigenvalue weighted by molar-refractivity contribution is 7.88. The molecular weight excluding hydrogens is 452 g/mol. The predicted molar refractivity (Wildman–Crippen MR) is 85.9 cm³/mol. The zero-order chi connectivity index (χ0) is 22.9. The molecule has 2 N–H and O–H groups in total. The molecule has 1 heterocycles. The quantitative estimate of drug-likeness (QED) is 0.524. The van der Waals surface area contributed by atoms with Crippen LogP contribution >= 0.6 is 0 Å². The van der Waals surface area contributed by atoms with Gasteiger partial charge in [-0.05, 0) is 12.1 Å². The van der Waals surface area contributed by atoms with Crippen LogP contribution < -0.4 is 14.4 Å². The lowest BCUT2D eigenvalue weighted by atomic mass is 10.1. The number of nitrogens with one attached hydrogen (secondary N) is 1. The minimum Gasteiger partial charge on any atom is -0.467 e. The van der Waals surface area contributed by atoms with Crippen LogP contribution in [0.2, 0.25) is 0 Å². The first kappa shape index (κ1) is 23.1. The van der Waals surface area contributed by atoms with Crippen LogP contribution in [0.3, 0.4) is 0 Å². The van der Waals surface area contributed by atoms with E-state index in [9.17, 15) is 44.1 Å². The molecule has 2 amide bonds. The lowest BCUT2D eigenvalue weighted by Gasteiger charge is -2.22. The molecule has 0 aliphatic rings. The van der Waals surface area contributed by atoms with Gasteiger partial charge in [0.05, 0.1) is 18.4 Å². The van der Waals surface area contributed by atoms with E-state index in [0.717, 1.165) is 19.2 Å². The molecule has 0 spiro atoms. The third kappa shape index (κ3) is 5.23. The van der Waals surface area contributed by atoms with Crippen LogP contribution in [0.15, 0.2) is 24.3 Å². The molecule has 0 bridgehead atoms. The molecule has 2 aromatic rings. The molecule has 0 atom stereocenters. The van der Waals surface area contributed by atoms with Crippen molar-refractivity contribution in [1.82, 2.24) is 15.0 Å². The Morgan fingerprint density at radius 2 is 1.67 bits per heavy atom. The van der Waals surface area contributed by atoms with Gasteiger partial charge in [-0.3, -0.25) is 9.87 Å². The zero-order valence-electron chi connectivity index (χ0n) is 14.4. The number of carbonyl (C=O) groups excluding carboxylic acids is 1. The van der Waals surface area contributed by atoms with Gasteiger partial charge in [-0.25, -0.2) is 4.79 Å². The minimum absolute atomic E-state index is 0.411. The molecule has 0 aliphatic carbocycles. The molecule has 0 saturated heterocycles. The first-order valence-electron chi connectivity index (χ1n) is 7.27. The van der Waals surface area contributed by atoms with Crippen molar-refractivity contribution in [3.8, 4) is 6.01 Å². The summed E-state index contributed by atoms with van der Waals surface area (Å²) in [4.78, 5) is 21.2. The largest absolute Gasteiger partial charge is 0.467 e. The summed E-state index contributed by atoms with van der Waals surface area (Å²) < 4.78 is 114. The molecule has 0 unspecified atom stereocenters. The molecule has 0 fully saturated rings. The van der Waals surface area contributed by atoms with Gasteiger partial charge >= 0.3 is 34.7 Å². The molecule has 30 heavy (non-hydrogen) atoms. The van der Waals surface area contributed by atoms with Crippen LogP contribution in [0.5, 0.6) is 6.01 Å². The fraction of sp³-hybridized carbons (Fsp3) is 0.231. The number of carbonyl (C=O) groups is 1. The van der Waals surface area contributed by atoms with Gasteiger partial charge in [-0.2, -0.15) is 54.0 Å². The number of para-hydroxylation sites is 1. The summed E-state index contributed by atoms with van der Waals surface area (Å²) in [7, 11) is -4.81. The number of hydrogen-bond donors (Lipinski definition) is 2. The van der Waals surface area contributed by atoms with Gasteiger partial charge in [0.1, 0.15) is 0 Å². The Balaban J connectivity index is 2.55. The number of benzene rings is 1. The number of nitrogens with zero attached hydrogens (tertiary/aromatic N) is 4. The number of urea groups is 1. The van der Waals surface area contributed by atoms with Crippen molar-refractivity contribution in [2.24, 2.45) is 0 Å². The normalized spacial score (nSPS) is 12.4. The number of amides is 2. The van der Waals surface area contributed by atoms with Gasteiger partial charge in [-0.15, -0.1) is 0 Å². The smallest absolute Gasteiger partial charge is 0.451 e. The standard InChI is InChI=1S/C13H9F6N5O5S/c1-29-10-21-8(13(17,18)19)20-9(22-10)23-11(25)24(30(26,27)28)7-5-3-2-4-6(7)12(14,15)16/h2-5H,1H3,(H,26,27,28)(H,20,21,22,23,25). The number of halogens is 6. The maximum absolute atomic E-state index is 13.2. The average Bonchev–Trinajstić information content (AvgIpc) is 2.59. The van der Waals surface area contributed by atoms with Crippen molar-refractivity contribution in [2.45, 2.75) is 12.4 Å². The lowest BCUT2D eigenvalue weighted by Crippen LogP contribution is -2.41. The summed E-state index contributed by atoms with van der Waals surface area (Å²) >= 11 is 0. The van der Waals surface area contributed by atoms with E-state index in [1.807, 2.05) is 0 Å². The van der Waals surface area contributed by atoms with Crippen LogP contribution in [0, 0.1) is 0 Å². The van der Waals surface area contributed by atoms with Gasteiger partial charge in [0.25, 0.3) is 0 Å². The van der Waals surface area contributed by atoms with E-state index in [1.165, 1.54) is 5.32 Å². The second-order valence-corrected chi connectivity index (χ2v) is 6.42. The molecule has 10 nitrogen and oxygen atoms in total. The maximum atomic E-state index is 13.2. The van der Waals surface area contributed by atoms with Gasteiger partial charge < -0.3 is 4.74 Å². The highest BCUT2D eigenvalue weighted by atomic mass is 32.2. The molecule has 0 saturated carbocycles. The predicted octanol–water partition coefficient (Wildman–Crippen LogP) is 2.76. The van der Waals surface area contributed by atoms with E-state index in [1.54, 1.807) is 0 Å². The topological polar surface area (TPSA) is 135 Å². The van der Waals surface area contributed by atoms with Crippen LogP contribution in [-0.4, -0.2) is 41.1 Å². The second-order valence-electron chi connectivity index (χ2n) is 5.15. The van der Waals surface area contributed by atoms with E-state index in [-0.39, 0.29) is 0 Å². The van der Waals surface area contributed by atoms with Crippen molar-refractivity contribution < 1.29 is 48.8 Å². The summed E-state index contributed by atoms with van der Waals surface area (Å²) in [5.41, 5.74) is -2.97. The van der Waals surface area contributed by atoms with Crippen LogP contribution in [0.25, 0.3) is 0 Å². The van der Waals surface area contributed by atoms with Crippen molar-refractivity contribution in [1.29, 1.82) is 0 Å². The Morgan fingerprint density at radius 1 is 1.07 bits per heavy atom. The van der Waals surface area contributed by atoms with Crippen molar-refractivity contribution in [3.05, 3.63) is 35.7 Å². The average molecular weight is 461 g/mol. The summed E-state index contributed by atoms with van der Waals surface area (Å²) in [6.07, 6.45) is -10.3. The van der Waals surface area contributed by atoms with Gasteiger partial charge in [-0.1, -0.05) is 12.1 Å². The molecular formula is C13H9F6N5O5S. The molecule has 164 valence electrons. The minimum atomic E-state index is -5.68. The first-order valence-corrected chi connectivity index (χ1v) is 8.66. The number of alkyl halides is 6. The van der Waals surface area contributed by atoms with Crippen molar-refractivity contribution in [2.75, 3.05) is 16.7 Å². The zero-order valence-corrected chi connectivity index (χ0v) is 15.2. The summed E-state index contributed by atoms with van der Waals surface area (Å²) in [6, 6.07) is -0.222. The fourth-order valence-corrected chi connectivity index (χ4v) is 2.67. The highest BCUT2D eigenvalue weighted by Gasteiger charge is 2.40. The Hall–Kier alpha value is -3.21. The Labute approximate surface area is 163 Å². The first-order chi connectivity index (χ1) is 13.6. The Morgan fingerprint density at radius 3 is 2.17 bits per heavy atom. The van der Waals surface area contributed by atoms with Gasteiger partial charge in [0.2, 0.25) is 11.8 Å². The number of methoxy groups -OCH3 is 1.